The van der Waals surface area contributed by atoms with Gasteiger partial charge in [0.2, 0.25) is 5.88 Å². The zero-order valence-electron chi connectivity index (χ0n) is 12.7. The number of aromatic amines is 1. The Morgan fingerprint density at radius 1 is 1.12 bits per heavy atom. The summed E-state index contributed by atoms with van der Waals surface area (Å²) in [5, 5.41) is 13.9. The highest BCUT2D eigenvalue weighted by atomic mass is 35.5. The summed E-state index contributed by atoms with van der Waals surface area (Å²) < 4.78 is 1.24. The van der Waals surface area contributed by atoms with Gasteiger partial charge in [-0.05, 0) is 30.3 Å². The summed E-state index contributed by atoms with van der Waals surface area (Å²) >= 11 is 12.0. The molecule has 0 radical (unpaired) electrons. The Bertz CT molecular complexity index is 1090. The van der Waals surface area contributed by atoms with Gasteiger partial charge in [-0.25, -0.2) is 4.68 Å². The minimum Gasteiger partial charge on any atom is -0.493 e. The van der Waals surface area contributed by atoms with Crippen LogP contribution in [-0.4, -0.2) is 21.1 Å². The largest absolute Gasteiger partial charge is 0.493 e. The average molecular weight is 372 g/mol. The lowest BCUT2D eigenvalue weighted by atomic mass is 10.1. The Hall–Kier alpha value is -2.76. The smallest absolute Gasteiger partial charge is 0.275 e. The zero-order valence-corrected chi connectivity index (χ0v) is 14.2. The summed E-state index contributed by atoms with van der Waals surface area (Å²) in [6.45, 7) is 0. The first-order valence-corrected chi connectivity index (χ1v) is 8.14. The van der Waals surface area contributed by atoms with Crippen LogP contribution in [0.3, 0.4) is 0 Å². The number of para-hydroxylation sites is 1. The highest BCUT2D eigenvalue weighted by Crippen LogP contribution is 2.33. The minimum absolute atomic E-state index is 0.134. The number of allylic oxidation sites excluding steroid dienone is 1. The molecular weight excluding hydrogens is 361 g/mol. The second-order valence-electron chi connectivity index (χ2n) is 5.52. The molecule has 0 amide bonds. The highest BCUT2D eigenvalue weighted by molar-refractivity contribution is 6.34. The van der Waals surface area contributed by atoms with Gasteiger partial charge in [-0.3, -0.25) is 14.9 Å². The van der Waals surface area contributed by atoms with E-state index in [-0.39, 0.29) is 11.4 Å². The van der Waals surface area contributed by atoms with E-state index in [1.165, 1.54) is 4.68 Å². The van der Waals surface area contributed by atoms with Gasteiger partial charge >= 0.3 is 0 Å². The summed E-state index contributed by atoms with van der Waals surface area (Å²) in [5.74, 6) is -0.228. The fraction of sp³-hybridized carbons (Fsp3) is 0. The van der Waals surface area contributed by atoms with Gasteiger partial charge in [-0.15, -0.1) is 0 Å². The summed E-state index contributed by atoms with van der Waals surface area (Å²) in [4.78, 5) is 16.6. The predicted octanol–water partition coefficient (Wildman–Crippen LogP) is 4.43. The normalized spacial score (nSPS) is 14.2. The van der Waals surface area contributed by atoms with Crippen LogP contribution in [0.25, 0.3) is 17.3 Å². The molecule has 1 aliphatic heterocycles. The van der Waals surface area contributed by atoms with Crippen LogP contribution in [0.4, 0.5) is 5.69 Å². The number of aliphatic imine (C=N–C) groups is 1. The van der Waals surface area contributed by atoms with E-state index in [0.29, 0.717) is 15.7 Å². The lowest BCUT2D eigenvalue weighted by Crippen LogP contribution is -2.05. The lowest BCUT2D eigenvalue weighted by Gasteiger charge is -2.05. The number of benzene rings is 2. The number of halogens is 2. The Morgan fingerprint density at radius 2 is 1.84 bits per heavy atom. The van der Waals surface area contributed by atoms with E-state index in [4.69, 9.17) is 23.2 Å². The van der Waals surface area contributed by atoms with E-state index >= 15 is 0 Å². The molecule has 2 N–H and O–H groups in total. The van der Waals surface area contributed by atoms with Gasteiger partial charge < -0.3 is 5.11 Å². The van der Waals surface area contributed by atoms with Crippen molar-refractivity contribution in [2.24, 2.45) is 4.99 Å². The summed E-state index contributed by atoms with van der Waals surface area (Å²) in [5.41, 5.74) is 2.63. The van der Waals surface area contributed by atoms with E-state index in [1.54, 1.807) is 30.5 Å². The third-order valence-electron chi connectivity index (χ3n) is 3.87. The number of H-pyrrole nitrogens is 1. The number of aromatic hydroxyl groups is 1. The number of fused-ring (bicyclic) bond motifs is 1. The second kappa shape index (κ2) is 5.95. The SMILES string of the molecule is O=c1[nH]n(-c2cc(Cl)cc(Cl)c2)c(O)c1C=C1C=Nc2ccccc21. The Balaban J connectivity index is 1.84. The third kappa shape index (κ3) is 2.77. The van der Waals surface area contributed by atoms with Crippen LogP contribution in [0.5, 0.6) is 5.88 Å². The Morgan fingerprint density at radius 3 is 2.60 bits per heavy atom. The monoisotopic (exact) mass is 371 g/mol. The van der Waals surface area contributed by atoms with Crippen LogP contribution in [0.15, 0.2) is 52.3 Å². The van der Waals surface area contributed by atoms with Crippen molar-refractivity contribution >= 4 is 46.8 Å². The average Bonchev–Trinajstić information content (AvgIpc) is 3.10. The molecule has 2 aromatic carbocycles. The summed E-state index contributed by atoms with van der Waals surface area (Å²) in [6.07, 6.45) is 3.27. The van der Waals surface area contributed by atoms with Crippen molar-refractivity contribution in [3.63, 3.8) is 0 Å². The quantitative estimate of drug-likeness (QED) is 0.699. The number of hydrogen-bond donors (Lipinski definition) is 2. The molecule has 124 valence electrons. The Kier molecular flexibility index (Phi) is 3.75. The molecule has 25 heavy (non-hydrogen) atoms. The first kappa shape index (κ1) is 15.7. The van der Waals surface area contributed by atoms with Crippen molar-refractivity contribution in [1.82, 2.24) is 9.78 Å². The van der Waals surface area contributed by atoms with Crippen LogP contribution in [-0.2, 0) is 0 Å². The predicted molar refractivity (Wildman–Crippen MR) is 101 cm³/mol. The topological polar surface area (TPSA) is 70.4 Å². The van der Waals surface area contributed by atoms with E-state index in [2.05, 4.69) is 10.1 Å². The van der Waals surface area contributed by atoms with Crippen molar-refractivity contribution < 1.29 is 5.11 Å². The van der Waals surface area contributed by atoms with Crippen LogP contribution in [0.1, 0.15) is 11.1 Å². The standard InChI is InChI=1S/C18H11Cl2N3O2/c19-11-6-12(20)8-13(7-11)23-18(25)15(17(24)22-23)5-10-9-21-16-4-2-1-3-14(10)16/h1-9,25H,(H,22,24). The van der Waals surface area contributed by atoms with Crippen molar-refractivity contribution in [2.45, 2.75) is 0 Å². The van der Waals surface area contributed by atoms with E-state index in [1.807, 2.05) is 24.3 Å². The second-order valence-corrected chi connectivity index (χ2v) is 6.39. The number of nitrogens with zero attached hydrogens (tertiary/aromatic N) is 2. The molecule has 0 bridgehead atoms. The molecular formula is C18H11Cl2N3O2. The molecule has 7 heteroatoms. The van der Waals surface area contributed by atoms with Crippen LogP contribution in [0, 0.1) is 0 Å². The van der Waals surface area contributed by atoms with E-state index < -0.39 is 5.56 Å². The summed E-state index contributed by atoms with van der Waals surface area (Å²) in [6, 6.07) is 12.3. The molecule has 0 spiro atoms. The molecule has 3 aromatic rings. The Labute approximate surface area is 152 Å². The van der Waals surface area contributed by atoms with Gasteiger partial charge in [-0.2, -0.15) is 0 Å². The van der Waals surface area contributed by atoms with Gasteiger partial charge in [-0.1, -0.05) is 41.4 Å². The molecule has 0 aliphatic carbocycles. The number of hydrogen-bond acceptors (Lipinski definition) is 3. The maximum Gasteiger partial charge on any atom is 0.275 e. The maximum atomic E-state index is 12.3. The van der Waals surface area contributed by atoms with Crippen molar-refractivity contribution in [3.8, 4) is 11.6 Å². The number of aromatic nitrogens is 2. The molecule has 0 fully saturated rings. The summed E-state index contributed by atoms with van der Waals surface area (Å²) in [7, 11) is 0. The first-order valence-electron chi connectivity index (χ1n) is 7.38. The zero-order chi connectivity index (χ0) is 17.6. The minimum atomic E-state index is -0.432. The van der Waals surface area contributed by atoms with Crippen LogP contribution >= 0.6 is 23.2 Å². The number of rotatable bonds is 2. The molecule has 5 nitrogen and oxygen atoms in total. The molecule has 0 atom stereocenters. The maximum absolute atomic E-state index is 12.3. The molecule has 1 aromatic heterocycles. The van der Waals surface area contributed by atoms with Crippen LogP contribution in [0.2, 0.25) is 10.0 Å². The lowest BCUT2D eigenvalue weighted by molar-refractivity contribution is 0.432. The van der Waals surface area contributed by atoms with Gasteiger partial charge in [0.25, 0.3) is 5.56 Å². The van der Waals surface area contributed by atoms with Crippen molar-refractivity contribution in [3.05, 3.63) is 74.0 Å². The highest BCUT2D eigenvalue weighted by Gasteiger charge is 2.17. The molecule has 0 saturated carbocycles. The molecule has 2 heterocycles. The fourth-order valence-electron chi connectivity index (χ4n) is 2.73. The van der Waals surface area contributed by atoms with Gasteiger partial charge in [0, 0.05) is 27.4 Å². The molecule has 0 saturated heterocycles. The van der Waals surface area contributed by atoms with Gasteiger partial charge in [0.15, 0.2) is 0 Å². The molecule has 0 unspecified atom stereocenters. The molecule has 4 rings (SSSR count). The van der Waals surface area contributed by atoms with Crippen LogP contribution < -0.4 is 5.56 Å². The third-order valence-corrected chi connectivity index (χ3v) is 4.31. The van der Waals surface area contributed by atoms with Crippen molar-refractivity contribution in [2.75, 3.05) is 0 Å². The van der Waals surface area contributed by atoms with Crippen molar-refractivity contribution in [1.29, 1.82) is 0 Å². The number of nitrogens with one attached hydrogen (secondary N) is 1. The van der Waals surface area contributed by atoms with Gasteiger partial charge in [0.05, 0.1) is 11.4 Å². The first-order chi connectivity index (χ1) is 12.0. The van der Waals surface area contributed by atoms with Gasteiger partial charge in [0.1, 0.15) is 5.56 Å². The molecule has 1 aliphatic rings. The fourth-order valence-corrected chi connectivity index (χ4v) is 3.25. The van der Waals surface area contributed by atoms with E-state index in [0.717, 1.165) is 16.8 Å². The van der Waals surface area contributed by atoms with E-state index in [9.17, 15) is 9.90 Å².